The van der Waals surface area contributed by atoms with Gasteiger partial charge in [0.2, 0.25) is 19.7 Å². The van der Waals surface area contributed by atoms with Crippen molar-refractivity contribution in [2.24, 2.45) is 0 Å². The van der Waals surface area contributed by atoms with Crippen LogP contribution in [0.1, 0.15) is 5.56 Å². The van der Waals surface area contributed by atoms with Gasteiger partial charge >= 0.3 is 0 Å². The van der Waals surface area contributed by atoms with Crippen LogP contribution in [-0.2, 0) is 16.3 Å². The van der Waals surface area contributed by atoms with E-state index in [1.54, 1.807) is 24.3 Å². The molecule has 1 unspecified atom stereocenters. The van der Waals surface area contributed by atoms with Crippen molar-refractivity contribution in [2.45, 2.75) is 16.3 Å². The third-order valence-corrected chi connectivity index (χ3v) is 6.79. The van der Waals surface area contributed by atoms with E-state index in [4.69, 9.17) is 0 Å². The van der Waals surface area contributed by atoms with E-state index in [0.717, 1.165) is 28.0 Å². The number of alkyl halides is 1. The van der Waals surface area contributed by atoms with Crippen LogP contribution in [-0.4, -0.2) is 32.0 Å². The van der Waals surface area contributed by atoms with Crippen LogP contribution in [0.15, 0.2) is 58.9 Å². The molecule has 0 saturated carbocycles. The van der Waals surface area contributed by atoms with Crippen LogP contribution in [0.4, 0.5) is 4.39 Å². The highest BCUT2D eigenvalue weighted by Gasteiger charge is 2.30. The Kier molecular flexibility index (Phi) is 5.23. The predicted octanol–water partition coefficient (Wildman–Crippen LogP) is 3.20. The van der Waals surface area contributed by atoms with Crippen molar-refractivity contribution in [3.05, 3.63) is 60.2 Å². The van der Waals surface area contributed by atoms with E-state index < -0.39 is 15.3 Å². The first-order valence-corrected chi connectivity index (χ1v) is 9.92. The van der Waals surface area contributed by atoms with Crippen molar-refractivity contribution >= 4 is 31.4 Å². The van der Waals surface area contributed by atoms with Gasteiger partial charge in [-0.1, -0.05) is 42.5 Å². The van der Waals surface area contributed by atoms with E-state index in [1.165, 1.54) is 0 Å². The van der Waals surface area contributed by atoms with E-state index in [2.05, 4.69) is 10.3 Å². The third-order valence-electron chi connectivity index (χ3n) is 3.59. The summed E-state index contributed by atoms with van der Waals surface area (Å²) in [4.78, 5) is 4.04. The fourth-order valence-corrected chi connectivity index (χ4v) is 4.81. The molecule has 3 rings (SSSR count). The second kappa shape index (κ2) is 7.38. The SMILES string of the molecule is O=S(=O)(c1nc2ccccc2s1)C(F)CNCCc1ccccc1. The minimum Gasteiger partial charge on any atom is -0.312 e. The molecule has 1 heterocycles. The van der Waals surface area contributed by atoms with Gasteiger partial charge in [0.05, 0.1) is 10.2 Å². The number of thiazole rings is 1. The molecule has 0 amide bonds. The standard InChI is InChI=1S/C17H17FN2O2S2/c18-16(12-19-11-10-13-6-2-1-3-7-13)24(21,22)17-20-14-8-4-5-9-15(14)23-17/h1-9,16,19H,10-12H2. The highest BCUT2D eigenvalue weighted by molar-refractivity contribution is 7.93. The normalized spacial score (nSPS) is 13.2. The molecule has 0 bridgehead atoms. The van der Waals surface area contributed by atoms with Crippen LogP contribution < -0.4 is 5.32 Å². The topological polar surface area (TPSA) is 59.1 Å². The van der Waals surface area contributed by atoms with E-state index in [0.29, 0.717) is 12.1 Å². The second-order valence-corrected chi connectivity index (χ2v) is 8.62. The van der Waals surface area contributed by atoms with E-state index in [9.17, 15) is 12.8 Å². The lowest BCUT2D eigenvalue weighted by Crippen LogP contribution is -2.31. The number of rotatable bonds is 7. The molecule has 0 aliphatic rings. The Labute approximate surface area is 144 Å². The highest BCUT2D eigenvalue weighted by Crippen LogP contribution is 2.27. The molecule has 126 valence electrons. The average Bonchev–Trinajstić information content (AvgIpc) is 3.04. The van der Waals surface area contributed by atoms with Gasteiger partial charge in [-0.15, -0.1) is 11.3 Å². The summed E-state index contributed by atoms with van der Waals surface area (Å²) in [5, 5.41) is 2.87. The van der Waals surface area contributed by atoms with E-state index in [1.807, 2.05) is 30.3 Å². The van der Waals surface area contributed by atoms with Crippen molar-refractivity contribution in [3.8, 4) is 0 Å². The van der Waals surface area contributed by atoms with Gasteiger partial charge in [0, 0.05) is 6.54 Å². The van der Waals surface area contributed by atoms with Gasteiger partial charge in [0.25, 0.3) is 0 Å². The summed E-state index contributed by atoms with van der Waals surface area (Å²) in [5.41, 5.74) is -0.311. The molecule has 0 aliphatic heterocycles. The Morgan fingerprint density at radius 1 is 1.08 bits per heavy atom. The molecule has 0 saturated heterocycles. The highest BCUT2D eigenvalue weighted by atomic mass is 32.2. The second-order valence-electron chi connectivity index (χ2n) is 5.34. The van der Waals surface area contributed by atoms with Crippen molar-refractivity contribution < 1.29 is 12.8 Å². The summed E-state index contributed by atoms with van der Waals surface area (Å²) in [6, 6.07) is 16.8. The minimum absolute atomic E-state index is 0.166. The van der Waals surface area contributed by atoms with Crippen LogP contribution in [0.25, 0.3) is 10.2 Å². The van der Waals surface area contributed by atoms with Crippen LogP contribution in [0, 0.1) is 0 Å². The molecular weight excluding hydrogens is 347 g/mol. The molecule has 1 atom stereocenters. The summed E-state index contributed by atoms with van der Waals surface area (Å²) in [6.45, 7) is 0.269. The quantitative estimate of drug-likeness (QED) is 0.654. The molecule has 7 heteroatoms. The van der Waals surface area contributed by atoms with Gasteiger partial charge in [0.15, 0.2) is 0 Å². The van der Waals surface area contributed by atoms with E-state index in [-0.39, 0.29) is 10.9 Å². The number of para-hydroxylation sites is 1. The van der Waals surface area contributed by atoms with Crippen LogP contribution >= 0.6 is 11.3 Å². The van der Waals surface area contributed by atoms with Gasteiger partial charge in [-0.3, -0.25) is 0 Å². The van der Waals surface area contributed by atoms with Gasteiger partial charge in [-0.05, 0) is 30.7 Å². The fourth-order valence-electron chi connectivity index (χ4n) is 2.28. The summed E-state index contributed by atoms with van der Waals surface area (Å²) in [5.74, 6) is 0. The Hall–Kier alpha value is -1.83. The maximum atomic E-state index is 14.2. The van der Waals surface area contributed by atoms with Crippen molar-refractivity contribution in [1.82, 2.24) is 10.3 Å². The summed E-state index contributed by atoms with van der Waals surface area (Å²) in [7, 11) is -4.07. The smallest absolute Gasteiger partial charge is 0.238 e. The number of nitrogens with one attached hydrogen (secondary N) is 1. The van der Waals surface area contributed by atoms with Gasteiger partial charge in [-0.2, -0.15) is 0 Å². The van der Waals surface area contributed by atoms with Crippen molar-refractivity contribution in [1.29, 1.82) is 0 Å². The van der Waals surface area contributed by atoms with Crippen LogP contribution in [0.5, 0.6) is 0 Å². The number of halogens is 1. The lowest BCUT2D eigenvalue weighted by atomic mass is 10.1. The molecule has 0 aliphatic carbocycles. The molecule has 1 N–H and O–H groups in total. The van der Waals surface area contributed by atoms with Crippen LogP contribution in [0.2, 0.25) is 0 Å². The number of benzene rings is 2. The largest absolute Gasteiger partial charge is 0.312 e. The zero-order chi connectivity index (χ0) is 17.0. The summed E-state index contributed by atoms with van der Waals surface area (Å²) in [6.07, 6.45) is 0.717. The molecule has 24 heavy (non-hydrogen) atoms. The van der Waals surface area contributed by atoms with Crippen molar-refractivity contribution in [2.75, 3.05) is 13.1 Å². The zero-order valence-electron chi connectivity index (χ0n) is 12.9. The van der Waals surface area contributed by atoms with Gasteiger partial charge < -0.3 is 5.32 Å². The Morgan fingerprint density at radius 3 is 2.54 bits per heavy atom. The molecule has 0 radical (unpaired) electrons. The number of hydrogen-bond acceptors (Lipinski definition) is 5. The number of nitrogens with zero attached hydrogens (tertiary/aromatic N) is 1. The minimum atomic E-state index is -4.07. The lowest BCUT2D eigenvalue weighted by molar-refractivity contribution is 0.399. The fraction of sp³-hybridized carbons (Fsp3) is 0.235. The maximum absolute atomic E-state index is 14.2. The lowest BCUT2D eigenvalue weighted by Gasteiger charge is -2.09. The zero-order valence-corrected chi connectivity index (χ0v) is 14.5. The van der Waals surface area contributed by atoms with E-state index >= 15 is 0 Å². The predicted molar refractivity (Wildman–Crippen MR) is 94.7 cm³/mol. The molecule has 4 nitrogen and oxygen atoms in total. The Balaban J connectivity index is 1.60. The Morgan fingerprint density at radius 2 is 1.79 bits per heavy atom. The molecular formula is C17H17FN2O2S2. The Bertz CT molecular complexity index is 877. The summed E-state index contributed by atoms with van der Waals surface area (Å²) < 4.78 is 39.4. The number of aromatic nitrogens is 1. The monoisotopic (exact) mass is 364 g/mol. The van der Waals surface area contributed by atoms with Gasteiger partial charge in [-0.25, -0.2) is 17.8 Å². The summed E-state index contributed by atoms with van der Waals surface area (Å²) >= 11 is 1.00. The number of sulfone groups is 1. The first-order valence-electron chi connectivity index (χ1n) is 7.55. The average molecular weight is 364 g/mol. The molecule has 3 aromatic rings. The van der Waals surface area contributed by atoms with Crippen molar-refractivity contribution in [3.63, 3.8) is 0 Å². The molecule has 1 aromatic heterocycles. The number of hydrogen-bond donors (Lipinski definition) is 1. The first kappa shape index (κ1) is 17.0. The van der Waals surface area contributed by atoms with Gasteiger partial charge in [0.1, 0.15) is 0 Å². The third kappa shape index (κ3) is 3.80. The first-order chi connectivity index (χ1) is 11.6. The number of fused-ring (bicyclic) bond motifs is 1. The molecule has 0 spiro atoms. The molecule has 0 fully saturated rings. The van der Waals surface area contributed by atoms with Crippen LogP contribution in [0.3, 0.4) is 0 Å². The maximum Gasteiger partial charge on any atom is 0.238 e. The molecule has 2 aromatic carbocycles.